The van der Waals surface area contributed by atoms with Gasteiger partial charge < -0.3 is 14.6 Å². The van der Waals surface area contributed by atoms with E-state index in [1.807, 2.05) is 23.1 Å². The molecule has 0 radical (unpaired) electrons. The number of rotatable bonds is 6. The number of carbonyl (C=O) groups excluding carboxylic acids is 2. The largest absolute Gasteiger partial charge is 0.472 e. The third-order valence-electron chi connectivity index (χ3n) is 5.05. The number of likely N-dealkylation sites (tertiary alicyclic amines) is 1. The summed E-state index contributed by atoms with van der Waals surface area (Å²) in [6.45, 7) is 1.95. The average Bonchev–Trinajstić information content (AvgIpc) is 3.40. The Labute approximate surface area is 164 Å². The molecule has 28 heavy (non-hydrogen) atoms. The second kappa shape index (κ2) is 8.13. The lowest BCUT2D eigenvalue weighted by atomic mass is 9.98. The number of nitrogens with zero attached hydrogens (tertiary/aromatic N) is 1. The Hall–Kier alpha value is -3.34. The molecule has 0 atom stereocenters. The van der Waals surface area contributed by atoms with Gasteiger partial charge in [0.2, 0.25) is 5.91 Å². The van der Waals surface area contributed by atoms with Crippen LogP contribution in [0.3, 0.4) is 0 Å². The molecule has 1 N–H and O–H groups in total. The van der Waals surface area contributed by atoms with Crippen LogP contribution in [0.5, 0.6) is 0 Å². The van der Waals surface area contributed by atoms with E-state index in [-0.39, 0.29) is 11.8 Å². The summed E-state index contributed by atoms with van der Waals surface area (Å²) < 4.78 is 4.96. The van der Waals surface area contributed by atoms with E-state index in [4.69, 9.17) is 4.42 Å². The van der Waals surface area contributed by atoms with E-state index in [0.29, 0.717) is 25.1 Å². The van der Waals surface area contributed by atoms with Crippen molar-refractivity contribution in [2.75, 3.05) is 6.54 Å². The van der Waals surface area contributed by atoms with Gasteiger partial charge in [-0.3, -0.25) is 9.59 Å². The molecule has 0 saturated carbocycles. The summed E-state index contributed by atoms with van der Waals surface area (Å²) in [5.41, 5.74) is 4.85. The topological polar surface area (TPSA) is 62.6 Å². The van der Waals surface area contributed by atoms with Gasteiger partial charge in [0.25, 0.3) is 5.91 Å². The number of nitrogens with one attached hydrogen (secondary N) is 1. The number of carbonyl (C=O) groups is 2. The van der Waals surface area contributed by atoms with Crippen LogP contribution in [0.25, 0.3) is 11.1 Å². The van der Waals surface area contributed by atoms with Gasteiger partial charge in [0.1, 0.15) is 6.26 Å². The molecular formula is C23H22N2O3. The molecule has 1 saturated heterocycles. The zero-order valence-electron chi connectivity index (χ0n) is 15.6. The summed E-state index contributed by atoms with van der Waals surface area (Å²) in [5, 5.41) is 2.93. The third-order valence-corrected chi connectivity index (χ3v) is 5.05. The first kappa shape index (κ1) is 18.0. The average molecular weight is 374 g/mol. The van der Waals surface area contributed by atoms with Gasteiger partial charge >= 0.3 is 0 Å². The van der Waals surface area contributed by atoms with Crippen molar-refractivity contribution >= 4 is 11.8 Å². The Morgan fingerprint density at radius 1 is 1.07 bits per heavy atom. The smallest absolute Gasteiger partial charge is 0.254 e. The third kappa shape index (κ3) is 3.98. The van der Waals surface area contributed by atoms with Gasteiger partial charge in [-0.2, -0.15) is 0 Å². The molecule has 0 aliphatic carbocycles. The van der Waals surface area contributed by atoms with Crippen molar-refractivity contribution in [1.29, 1.82) is 0 Å². The SMILES string of the molecule is O=C(NCc1ccccc1-c1ccc(CN2CCCC2=O)cc1)c1ccoc1. The van der Waals surface area contributed by atoms with Crippen LogP contribution in [-0.4, -0.2) is 23.3 Å². The number of amides is 2. The lowest BCUT2D eigenvalue weighted by molar-refractivity contribution is -0.128. The van der Waals surface area contributed by atoms with Gasteiger partial charge in [-0.1, -0.05) is 48.5 Å². The molecule has 1 aromatic heterocycles. The normalized spacial score (nSPS) is 13.7. The maximum atomic E-state index is 12.2. The number of furan rings is 1. The summed E-state index contributed by atoms with van der Waals surface area (Å²) in [6, 6.07) is 18.0. The van der Waals surface area contributed by atoms with Crippen molar-refractivity contribution in [1.82, 2.24) is 10.2 Å². The van der Waals surface area contributed by atoms with Crippen molar-refractivity contribution in [3.05, 3.63) is 83.8 Å². The quantitative estimate of drug-likeness (QED) is 0.709. The van der Waals surface area contributed by atoms with E-state index in [2.05, 4.69) is 35.6 Å². The Morgan fingerprint density at radius 2 is 1.89 bits per heavy atom. The molecule has 1 fully saturated rings. The highest BCUT2D eigenvalue weighted by atomic mass is 16.3. The van der Waals surface area contributed by atoms with Crippen LogP contribution in [0.4, 0.5) is 0 Å². The number of hydrogen-bond donors (Lipinski definition) is 1. The van der Waals surface area contributed by atoms with Gasteiger partial charge in [-0.05, 0) is 34.7 Å². The second-order valence-electron chi connectivity index (χ2n) is 6.97. The van der Waals surface area contributed by atoms with Crippen LogP contribution in [-0.2, 0) is 17.9 Å². The lowest BCUT2D eigenvalue weighted by Crippen LogP contribution is -2.23. The highest BCUT2D eigenvalue weighted by Crippen LogP contribution is 2.25. The van der Waals surface area contributed by atoms with Crippen LogP contribution in [0.1, 0.15) is 34.3 Å². The first-order valence-corrected chi connectivity index (χ1v) is 9.46. The van der Waals surface area contributed by atoms with E-state index < -0.39 is 0 Å². The van der Waals surface area contributed by atoms with Crippen LogP contribution in [0, 0.1) is 0 Å². The minimum absolute atomic E-state index is 0.158. The molecule has 5 heteroatoms. The summed E-state index contributed by atoms with van der Waals surface area (Å²) >= 11 is 0. The lowest BCUT2D eigenvalue weighted by Gasteiger charge is -2.16. The highest BCUT2D eigenvalue weighted by Gasteiger charge is 2.19. The molecule has 5 nitrogen and oxygen atoms in total. The van der Waals surface area contributed by atoms with Gasteiger partial charge in [0.15, 0.2) is 0 Å². The van der Waals surface area contributed by atoms with Gasteiger partial charge in [0.05, 0.1) is 11.8 Å². The molecule has 4 rings (SSSR count). The Morgan fingerprint density at radius 3 is 2.61 bits per heavy atom. The van der Waals surface area contributed by atoms with E-state index in [0.717, 1.165) is 35.2 Å². The molecule has 0 unspecified atom stereocenters. The fourth-order valence-corrected chi connectivity index (χ4v) is 3.51. The van der Waals surface area contributed by atoms with E-state index in [9.17, 15) is 9.59 Å². The van der Waals surface area contributed by atoms with Gasteiger partial charge in [-0.25, -0.2) is 0 Å². The van der Waals surface area contributed by atoms with E-state index >= 15 is 0 Å². The molecule has 2 aromatic carbocycles. The molecule has 142 valence electrons. The Kier molecular flexibility index (Phi) is 5.24. The van der Waals surface area contributed by atoms with Crippen LogP contribution < -0.4 is 5.32 Å². The molecule has 0 bridgehead atoms. The molecule has 3 aromatic rings. The fourth-order valence-electron chi connectivity index (χ4n) is 3.51. The summed E-state index contributed by atoms with van der Waals surface area (Å²) in [5.74, 6) is 0.0805. The van der Waals surface area contributed by atoms with Crippen LogP contribution in [0.15, 0.2) is 71.5 Å². The van der Waals surface area contributed by atoms with Crippen LogP contribution >= 0.6 is 0 Å². The second-order valence-corrected chi connectivity index (χ2v) is 6.97. The first-order chi connectivity index (χ1) is 13.7. The zero-order valence-corrected chi connectivity index (χ0v) is 15.6. The predicted molar refractivity (Wildman–Crippen MR) is 106 cm³/mol. The Bertz CT molecular complexity index is 962. The maximum Gasteiger partial charge on any atom is 0.254 e. The van der Waals surface area contributed by atoms with Crippen LogP contribution in [0.2, 0.25) is 0 Å². The summed E-state index contributed by atoms with van der Waals surface area (Å²) in [6.07, 6.45) is 4.54. The van der Waals surface area contributed by atoms with Gasteiger partial charge in [0, 0.05) is 26.1 Å². The minimum atomic E-state index is -0.158. The van der Waals surface area contributed by atoms with E-state index in [1.165, 1.54) is 12.5 Å². The minimum Gasteiger partial charge on any atom is -0.472 e. The summed E-state index contributed by atoms with van der Waals surface area (Å²) in [7, 11) is 0. The molecule has 2 heterocycles. The number of hydrogen-bond acceptors (Lipinski definition) is 3. The molecule has 0 spiro atoms. The maximum absolute atomic E-state index is 12.2. The summed E-state index contributed by atoms with van der Waals surface area (Å²) in [4.78, 5) is 25.9. The highest BCUT2D eigenvalue weighted by molar-refractivity contribution is 5.93. The number of benzene rings is 2. The standard InChI is InChI=1S/C23H22N2O3/c26-22-6-3-12-25(22)15-17-7-9-18(10-8-17)21-5-2-1-4-19(21)14-24-23(27)20-11-13-28-16-20/h1-2,4-5,7-11,13,16H,3,6,12,14-15H2,(H,24,27). The predicted octanol–water partition coefficient (Wildman–Crippen LogP) is 4.00. The van der Waals surface area contributed by atoms with Crippen molar-refractivity contribution in [2.45, 2.75) is 25.9 Å². The van der Waals surface area contributed by atoms with Crippen molar-refractivity contribution < 1.29 is 14.0 Å². The van der Waals surface area contributed by atoms with Crippen molar-refractivity contribution in [2.24, 2.45) is 0 Å². The first-order valence-electron chi connectivity index (χ1n) is 9.46. The molecule has 2 amide bonds. The van der Waals surface area contributed by atoms with Gasteiger partial charge in [-0.15, -0.1) is 0 Å². The molecule has 1 aliphatic heterocycles. The monoisotopic (exact) mass is 374 g/mol. The molecular weight excluding hydrogens is 352 g/mol. The Balaban J connectivity index is 1.46. The van der Waals surface area contributed by atoms with Crippen molar-refractivity contribution in [3.8, 4) is 11.1 Å². The van der Waals surface area contributed by atoms with E-state index in [1.54, 1.807) is 6.07 Å². The zero-order chi connectivity index (χ0) is 19.3. The van der Waals surface area contributed by atoms with Crippen molar-refractivity contribution in [3.63, 3.8) is 0 Å². The fraction of sp³-hybridized carbons (Fsp3) is 0.217. The molecule has 1 aliphatic rings.